The van der Waals surface area contributed by atoms with Crippen molar-refractivity contribution in [2.45, 2.75) is 31.6 Å². The van der Waals surface area contributed by atoms with E-state index in [4.69, 9.17) is 5.73 Å². The molecule has 2 aromatic carbocycles. The first-order valence-corrected chi connectivity index (χ1v) is 10.6. The maximum absolute atomic E-state index is 12.7. The molecule has 8 heteroatoms. The summed E-state index contributed by atoms with van der Waals surface area (Å²) in [4.78, 5) is 9.62. The van der Waals surface area contributed by atoms with Gasteiger partial charge in [0.2, 0.25) is 0 Å². The van der Waals surface area contributed by atoms with Gasteiger partial charge in [-0.05, 0) is 54.1 Å². The zero-order valence-corrected chi connectivity index (χ0v) is 17.5. The van der Waals surface area contributed by atoms with Gasteiger partial charge in [0.15, 0.2) is 5.13 Å². The third-order valence-corrected chi connectivity index (χ3v) is 6.15. The zero-order valence-electron chi connectivity index (χ0n) is 16.7. The van der Waals surface area contributed by atoms with Crippen LogP contribution in [0.15, 0.2) is 67.1 Å². The highest BCUT2D eigenvalue weighted by atomic mass is 32.1. The lowest BCUT2D eigenvalue weighted by molar-refractivity contribution is -0.137. The molecule has 0 aliphatic rings. The van der Waals surface area contributed by atoms with Crippen LogP contribution in [0.25, 0.3) is 21.2 Å². The van der Waals surface area contributed by atoms with Crippen LogP contribution in [0.2, 0.25) is 0 Å². The first-order chi connectivity index (χ1) is 14.8. The van der Waals surface area contributed by atoms with Gasteiger partial charge >= 0.3 is 6.18 Å². The molecular formula is C23H21F3N4S. The molecule has 2 aromatic heterocycles. The number of benzene rings is 2. The minimum atomic E-state index is -4.33. The summed E-state index contributed by atoms with van der Waals surface area (Å²) >= 11 is 1.53. The maximum Gasteiger partial charge on any atom is 0.416 e. The third-order valence-electron chi connectivity index (χ3n) is 5.18. The molecule has 0 radical (unpaired) electrons. The molecule has 0 bridgehead atoms. The molecular weight excluding hydrogens is 421 g/mol. The normalized spacial score (nSPS) is 13.8. The van der Waals surface area contributed by atoms with Crippen LogP contribution in [-0.2, 0) is 12.6 Å². The van der Waals surface area contributed by atoms with Crippen LogP contribution in [0.4, 0.5) is 18.3 Å². The molecule has 0 spiro atoms. The van der Waals surface area contributed by atoms with Crippen molar-refractivity contribution in [2.75, 3.05) is 5.32 Å². The number of halogens is 3. The molecule has 4 aromatic rings. The van der Waals surface area contributed by atoms with E-state index in [1.807, 2.05) is 37.5 Å². The number of nitrogens with one attached hydrogen (secondary N) is 1. The molecule has 4 rings (SSSR count). The van der Waals surface area contributed by atoms with Gasteiger partial charge < -0.3 is 11.1 Å². The van der Waals surface area contributed by atoms with Gasteiger partial charge in [0.1, 0.15) is 0 Å². The number of nitrogens with two attached hydrogens (primary N) is 1. The lowest BCUT2D eigenvalue weighted by Crippen LogP contribution is -2.39. The molecule has 0 aliphatic carbocycles. The van der Waals surface area contributed by atoms with Crippen molar-refractivity contribution >= 4 is 27.2 Å². The summed E-state index contributed by atoms with van der Waals surface area (Å²) in [5.74, 6) is 0. The first kappa shape index (κ1) is 21.3. The average Bonchev–Trinajstić information content (AvgIpc) is 3.21. The maximum atomic E-state index is 12.7. The summed E-state index contributed by atoms with van der Waals surface area (Å²) in [5, 5.41) is 6.26. The Kier molecular flexibility index (Phi) is 5.93. The summed E-state index contributed by atoms with van der Waals surface area (Å²) in [5.41, 5.74) is 7.47. The lowest BCUT2D eigenvalue weighted by atomic mass is 10.0. The number of nitrogens with zero attached hydrogens (tertiary/aromatic N) is 2. The van der Waals surface area contributed by atoms with Crippen molar-refractivity contribution in [2.24, 2.45) is 5.73 Å². The Labute approximate surface area is 182 Å². The highest BCUT2D eigenvalue weighted by molar-refractivity contribution is 7.18. The van der Waals surface area contributed by atoms with Gasteiger partial charge in [-0.2, -0.15) is 13.2 Å². The first-order valence-electron chi connectivity index (χ1n) is 9.78. The van der Waals surface area contributed by atoms with Crippen LogP contribution in [0.1, 0.15) is 18.1 Å². The Hall–Kier alpha value is -2.97. The number of pyridine rings is 1. The fraction of sp³-hybridized carbons (Fsp3) is 0.217. The number of thiazole rings is 1. The van der Waals surface area contributed by atoms with E-state index in [1.54, 1.807) is 6.20 Å². The van der Waals surface area contributed by atoms with Crippen LogP contribution in [0, 0.1) is 0 Å². The summed E-state index contributed by atoms with van der Waals surface area (Å²) in [6, 6.07) is 12.9. The number of alkyl halides is 3. The van der Waals surface area contributed by atoms with Crippen LogP contribution in [0.3, 0.4) is 0 Å². The topological polar surface area (TPSA) is 63.8 Å². The van der Waals surface area contributed by atoms with E-state index in [1.165, 1.54) is 23.5 Å². The smallest absolute Gasteiger partial charge is 0.357 e. The predicted molar refractivity (Wildman–Crippen MR) is 119 cm³/mol. The Bertz CT molecular complexity index is 1170. The van der Waals surface area contributed by atoms with Gasteiger partial charge in [-0.15, -0.1) is 0 Å². The van der Waals surface area contributed by atoms with E-state index >= 15 is 0 Å². The molecule has 0 aliphatic heterocycles. The van der Waals surface area contributed by atoms with Gasteiger partial charge in [-0.3, -0.25) is 4.98 Å². The van der Waals surface area contributed by atoms with Crippen molar-refractivity contribution in [3.63, 3.8) is 0 Å². The van der Waals surface area contributed by atoms with Crippen molar-refractivity contribution < 1.29 is 13.2 Å². The molecule has 0 fully saturated rings. The largest absolute Gasteiger partial charge is 0.416 e. The fourth-order valence-electron chi connectivity index (χ4n) is 3.29. The van der Waals surface area contributed by atoms with Crippen molar-refractivity contribution in [3.8, 4) is 10.4 Å². The van der Waals surface area contributed by atoms with Gasteiger partial charge in [0.05, 0.1) is 10.4 Å². The number of rotatable bonds is 6. The summed E-state index contributed by atoms with van der Waals surface area (Å²) < 4.78 is 38.1. The van der Waals surface area contributed by atoms with E-state index < -0.39 is 11.7 Å². The van der Waals surface area contributed by atoms with Crippen LogP contribution in [0.5, 0.6) is 0 Å². The number of aromatic nitrogens is 2. The van der Waals surface area contributed by atoms with E-state index in [-0.39, 0.29) is 12.1 Å². The molecule has 31 heavy (non-hydrogen) atoms. The Morgan fingerprint density at radius 1 is 1.03 bits per heavy atom. The van der Waals surface area contributed by atoms with E-state index in [2.05, 4.69) is 21.4 Å². The minimum absolute atomic E-state index is 0.107. The van der Waals surface area contributed by atoms with E-state index in [9.17, 15) is 13.2 Å². The monoisotopic (exact) mass is 442 g/mol. The highest BCUT2D eigenvalue weighted by Crippen LogP contribution is 2.32. The molecule has 0 saturated heterocycles. The summed E-state index contributed by atoms with van der Waals surface area (Å²) in [6.45, 7) is 1.94. The Morgan fingerprint density at radius 3 is 2.55 bits per heavy atom. The van der Waals surface area contributed by atoms with Gasteiger partial charge in [0, 0.05) is 36.1 Å². The van der Waals surface area contributed by atoms with Crippen LogP contribution in [-0.4, -0.2) is 22.1 Å². The summed E-state index contributed by atoms with van der Waals surface area (Å²) in [7, 11) is 0. The van der Waals surface area contributed by atoms with Gasteiger partial charge in [-0.25, -0.2) is 4.98 Å². The number of fused-ring (bicyclic) bond motifs is 1. The Morgan fingerprint density at radius 2 is 1.81 bits per heavy atom. The molecule has 0 unspecified atom stereocenters. The summed E-state index contributed by atoms with van der Waals surface area (Å²) in [6.07, 6.45) is 1.55. The van der Waals surface area contributed by atoms with Crippen molar-refractivity contribution in [1.29, 1.82) is 0 Å². The van der Waals surface area contributed by atoms with E-state index in [0.717, 1.165) is 44.0 Å². The second-order valence-electron chi connectivity index (χ2n) is 7.46. The minimum Gasteiger partial charge on any atom is -0.357 e. The van der Waals surface area contributed by atoms with Crippen LogP contribution >= 0.6 is 11.3 Å². The molecule has 160 valence electrons. The molecule has 2 atom stereocenters. The number of hydrogen-bond donors (Lipinski definition) is 2. The van der Waals surface area contributed by atoms with E-state index in [0.29, 0.717) is 6.42 Å². The molecule has 2 heterocycles. The van der Waals surface area contributed by atoms with Gasteiger partial charge in [-0.1, -0.05) is 35.6 Å². The predicted octanol–water partition coefficient (Wildman–Crippen LogP) is 5.75. The standard InChI is InChI=1S/C23H21F3N4S/c1-14(20(27)10-15-2-6-19(7-3-15)23(24,25)26)30-22-29-13-21(31-22)17-4-5-18-12-28-9-8-16(18)11-17/h2-9,11-14,20H,10,27H2,1H3,(H,29,30)/t14-,20-/m1/s1. The number of anilines is 1. The molecule has 3 N–H and O–H groups in total. The zero-order chi connectivity index (χ0) is 22.0. The second kappa shape index (κ2) is 8.64. The Balaban J connectivity index is 1.40. The number of hydrogen-bond acceptors (Lipinski definition) is 5. The fourth-order valence-corrected chi connectivity index (χ4v) is 4.20. The third kappa shape index (κ3) is 5.03. The van der Waals surface area contributed by atoms with Crippen molar-refractivity contribution in [1.82, 2.24) is 9.97 Å². The van der Waals surface area contributed by atoms with Crippen LogP contribution < -0.4 is 11.1 Å². The quantitative estimate of drug-likeness (QED) is 0.399. The highest BCUT2D eigenvalue weighted by Gasteiger charge is 2.30. The molecule has 0 saturated carbocycles. The molecule has 0 amide bonds. The van der Waals surface area contributed by atoms with Crippen molar-refractivity contribution in [3.05, 3.63) is 78.2 Å². The average molecular weight is 443 g/mol. The lowest BCUT2D eigenvalue weighted by Gasteiger charge is -2.21. The van der Waals surface area contributed by atoms with Gasteiger partial charge in [0.25, 0.3) is 0 Å². The molecule has 4 nitrogen and oxygen atoms in total. The SMILES string of the molecule is C[C@@H](Nc1ncc(-c2ccc3cnccc3c2)s1)[C@H](N)Cc1ccc(C(F)(F)F)cc1. The second-order valence-corrected chi connectivity index (χ2v) is 8.49.